The Balaban J connectivity index is 1.08. The number of Topliss-reactive ketones (excluding diaryl/α,β-unsaturated/α-hetero) is 1. The standard InChI is InChI=1S/C50H53ClF3NO7S/c1-45-17-13-32(56)27-47(45)20-21-49(35(28-47)44(58)39-12-11-37(62-39)34-26-31(50(52,53)54)8-9-36(34)51)41(45)14-18-46(2)42(49)15-19-48(46,59)29-55(22-16-33-6-5-23-63-33)43(57)25-30-7-10-38(60-3)40(24-30)61-4/h5-12,20-21,23-24,26,28,32,41-42,56,59H,13-19,22,25,27,29H2,1-4H3. The van der Waals surface area contributed by atoms with Crippen molar-refractivity contribution in [2.24, 2.45) is 33.5 Å². The maximum atomic E-state index is 15.2. The summed E-state index contributed by atoms with van der Waals surface area (Å²) in [7, 11) is 3.12. The molecular weight excluding hydrogens is 851 g/mol. The summed E-state index contributed by atoms with van der Waals surface area (Å²) in [5.74, 6) is 0.389. The molecule has 8 unspecified atom stereocenters. The van der Waals surface area contributed by atoms with Crippen molar-refractivity contribution >= 4 is 34.6 Å². The second-order valence-corrected chi connectivity index (χ2v) is 20.4. The number of aliphatic hydroxyl groups excluding tert-OH is 1. The van der Waals surface area contributed by atoms with E-state index in [9.17, 15) is 28.2 Å². The van der Waals surface area contributed by atoms with Crippen LogP contribution in [-0.4, -0.2) is 65.8 Å². The smallest absolute Gasteiger partial charge is 0.416 e. The molecule has 2 aromatic heterocycles. The molecule has 2 bridgehead atoms. The summed E-state index contributed by atoms with van der Waals surface area (Å²) in [5, 5.41) is 26.5. The number of rotatable bonds is 12. The first-order valence-electron chi connectivity index (χ1n) is 21.8. The van der Waals surface area contributed by atoms with Crippen molar-refractivity contribution in [3.63, 3.8) is 0 Å². The Hall–Kier alpha value is -4.36. The highest BCUT2D eigenvalue weighted by Crippen LogP contribution is 2.78. The first kappa shape index (κ1) is 43.9. The fraction of sp³-hybridized carbons (Fsp3) is 0.480. The lowest BCUT2D eigenvalue weighted by Gasteiger charge is -2.71. The second-order valence-electron chi connectivity index (χ2n) is 19.0. The van der Waals surface area contributed by atoms with Gasteiger partial charge >= 0.3 is 6.18 Å². The molecule has 4 aromatic rings. The van der Waals surface area contributed by atoms with Crippen molar-refractivity contribution in [3.05, 3.63) is 117 Å². The highest BCUT2D eigenvalue weighted by Gasteiger charge is 2.74. The van der Waals surface area contributed by atoms with Crippen LogP contribution in [0, 0.1) is 33.5 Å². The quantitative estimate of drug-likeness (QED) is 0.108. The van der Waals surface area contributed by atoms with Crippen molar-refractivity contribution in [2.45, 2.75) is 89.5 Å². The van der Waals surface area contributed by atoms with E-state index in [1.54, 1.807) is 37.7 Å². The zero-order valence-electron chi connectivity index (χ0n) is 35.9. The fourth-order valence-corrected chi connectivity index (χ4v) is 13.7. The van der Waals surface area contributed by atoms with Crippen LogP contribution < -0.4 is 9.47 Å². The van der Waals surface area contributed by atoms with Crippen LogP contribution in [0.3, 0.4) is 0 Å². The number of hydrogen-bond donors (Lipinski definition) is 2. The van der Waals surface area contributed by atoms with Crippen LogP contribution in [0.1, 0.15) is 85.4 Å². The van der Waals surface area contributed by atoms with E-state index in [-0.39, 0.29) is 64.0 Å². The molecule has 2 heterocycles. The molecule has 0 radical (unpaired) electrons. The Labute approximate surface area is 374 Å². The Kier molecular flexibility index (Phi) is 10.9. The van der Waals surface area contributed by atoms with Crippen LogP contribution >= 0.6 is 22.9 Å². The molecule has 2 spiro atoms. The number of carbonyl (C=O) groups excluding carboxylic acids is 2. The molecule has 10 rings (SSSR count). The van der Waals surface area contributed by atoms with Gasteiger partial charge in [0.15, 0.2) is 17.3 Å². The average Bonchev–Trinajstić information content (AvgIpc) is 4.02. The molecule has 6 aliphatic rings. The van der Waals surface area contributed by atoms with Gasteiger partial charge in [0.2, 0.25) is 11.7 Å². The lowest BCUT2D eigenvalue weighted by Crippen LogP contribution is -2.67. The van der Waals surface area contributed by atoms with E-state index in [0.29, 0.717) is 68.6 Å². The van der Waals surface area contributed by atoms with E-state index in [1.165, 1.54) is 18.2 Å². The minimum absolute atomic E-state index is 0.0131. The van der Waals surface area contributed by atoms with Gasteiger partial charge in [-0.2, -0.15) is 13.2 Å². The van der Waals surface area contributed by atoms with Gasteiger partial charge in [0, 0.05) is 45.3 Å². The number of carbonyl (C=O) groups is 2. The zero-order chi connectivity index (χ0) is 44.7. The Morgan fingerprint density at radius 2 is 1.68 bits per heavy atom. The number of amides is 1. The van der Waals surface area contributed by atoms with E-state index in [0.717, 1.165) is 29.0 Å². The number of methoxy groups -OCH3 is 2. The van der Waals surface area contributed by atoms with Crippen molar-refractivity contribution in [1.82, 2.24) is 4.90 Å². The third-order valence-electron chi connectivity index (χ3n) is 16.2. The predicted molar refractivity (Wildman–Crippen MR) is 235 cm³/mol. The molecule has 6 aliphatic carbocycles. The van der Waals surface area contributed by atoms with Gasteiger partial charge in [0.1, 0.15) is 5.76 Å². The van der Waals surface area contributed by atoms with Crippen molar-refractivity contribution in [2.75, 3.05) is 27.3 Å². The SMILES string of the molecule is COc1ccc(CC(=O)N(CCc2cccs2)CC2(O)CCC3C45C=CC6(C=C4C(=O)c4ccc(-c7cc(C(F)(F)F)ccc7Cl)o4)CC(O)CCC6(C)C5CCC32C)cc1OC. The number of fused-ring (bicyclic) bond motifs is 1. The summed E-state index contributed by atoms with van der Waals surface area (Å²) < 4.78 is 58.4. The lowest BCUT2D eigenvalue weighted by atomic mass is 9.32. The first-order chi connectivity index (χ1) is 29.9. The summed E-state index contributed by atoms with van der Waals surface area (Å²) in [6.45, 7) is 4.95. The molecule has 63 heavy (non-hydrogen) atoms. The Morgan fingerprint density at radius 3 is 2.41 bits per heavy atom. The maximum absolute atomic E-state index is 15.2. The van der Waals surface area contributed by atoms with Crippen LogP contribution in [0.25, 0.3) is 11.3 Å². The molecule has 13 heteroatoms. The fourth-order valence-electron chi connectivity index (χ4n) is 12.8. The molecule has 8 atom stereocenters. The minimum Gasteiger partial charge on any atom is -0.493 e. The van der Waals surface area contributed by atoms with Gasteiger partial charge < -0.3 is 29.0 Å². The molecule has 0 aliphatic heterocycles. The topological polar surface area (TPSA) is 109 Å². The van der Waals surface area contributed by atoms with E-state index in [4.69, 9.17) is 25.5 Å². The largest absolute Gasteiger partial charge is 0.493 e. The number of furan rings is 1. The van der Waals surface area contributed by atoms with E-state index in [2.05, 4.69) is 32.1 Å². The number of ketones is 1. The third kappa shape index (κ3) is 6.91. The number of alkyl halides is 3. The van der Waals surface area contributed by atoms with Gasteiger partial charge in [0.05, 0.1) is 42.9 Å². The summed E-state index contributed by atoms with van der Waals surface area (Å²) >= 11 is 8.05. The highest BCUT2D eigenvalue weighted by molar-refractivity contribution is 7.09. The predicted octanol–water partition coefficient (Wildman–Crippen LogP) is 10.8. The van der Waals surface area contributed by atoms with Crippen LogP contribution in [0.4, 0.5) is 13.2 Å². The average molecular weight is 904 g/mol. The van der Waals surface area contributed by atoms with Crippen LogP contribution in [-0.2, 0) is 23.8 Å². The molecule has 1 amide bonds. The monoisotopic (exact) mass is 903 g/mol. The Bertz CT molecular complexity index is 2500. The maximum Gasteiger partial charge on any atom is 0.416 e. The van der Waals surface area contributed by atoms with Crippen LogP contribution in [0.15, 0.2) is 94.3 Å². The summed E-state index contributed by atoms with van der Waals surface area (Å²) in [6.07, 6.45) is 6.28. The molecule has 3 saturated carbocycles. The minimum atomic E-state index is -4.61. The molecule has 334 valence electrons. The third-order valence-corrected chi connectivity index (χ3v) is 17.4. The zero-order valence-corrected chi connectivity index (χ0v) is 37.5. The van der Waals surface area contributed by atoms with Gasteiger partial charge in [-0.25, -0.2) is 0 Å². The second kappa shape index (κ2) is 15.7. The molecule has 0 saturated heterocycles. The van der Waals surface area contributed by atoms with Gasteiger partial charge in [0.25, 0.3) is 0 Å². The number of benzene rings is 2. The van der Waals surface area contributed by atoms with Gasteiger partial charge in [-0.1, -0.05) is 55.8 Å². The van der Waals surface area contributed by atoms with Crippen molar-refractivity contribution in [1.29, 1.82) is 0 Å². The number of allylic oxidation sites excluding steroid dienone is 4. The number of ether oxygens (including phenoxy) is 2. The summed E-state index contributed by atoms with van der Waals surface area (Å²) in [4.78, 5) is 32.7. The van der Waals surface area contributed by atoms with Gasteiger partial charge in [-0.3, -0.25) is 9.59 Å². The van der Waals surface area contributed by atoms with E-state index < -0.39 is 39.7 Å². The van der Waals surface area contributed by atoms with Gasteiger partial charge in [-0.15, -0.1) is 11.3 Å². The number of halogens is 4. The molecule has 8 nitrogen and oxygen atoms in total. The number of thiophene rings is 1. The Morgan fingerprint density at radius 1 is 0.937 bits per heavy atom. The van der Waals surface area contributed by atoms with Crippen LogP contribution in [0.2, 0.25) is 5.02 Å². The number of hydrogen-bond acceptors (Lipinski definition) is 8. The van der Waals surface area contributed by atoms with E-state index in [1.807, 2.05) is 28.5 Å². The molecule has 2 N–H and O–H groups in total. The molecule has 2 aromatic carbocycles. The molecular formula is C50H53ClF3NO7S. The van der Waals surface area contributed by atoms with Crippen molar-refractivity contribution in [3.8, 4) is 22.8 Å². The lowest BCUT2D eigenvalue weighted by molar-refractivity contribution is -0.178. The number of aliphatic hydroxyl groups is 2. The van der Waals surface area contributed by atoms with E-state index >= 15 is 4.79 Å². The first-order valence-corrected chi connectivity index (χ1v) is 23.0. The summed E-state index contributed by atoms with van der Waals surface area (Å²) in [5.41, 5.74) is -3.35. The normalized spacial score (nSPS) is 31.8. The highest BCUT2D eigenvalue weighted by atomic mass is 35.5. The van der Waals surface area contributed by atoms with Crippen LogP contribution in [0.5, 0.6) is 11.5 Å². The number of nitrogens with zero attached hydrogens (tertiary/aromatic N) is 1. The molecule has 3 fully saturated rings. The van der Waals surface area contributed by atoms with Gasteiger partial charge in [-0.05, 0) is 128 Å². The van der Waals surface area contributed by atoms with Crippen molar-refractivity contribution < 1.29 is 46.9 Å². The summed E-state index contributed by atoms with van der Waals surface area (Å²) in [6, 6.07) is 15.5.